The van der Waals surface area contributed by atoms with Gasteiger partial charge in [0.05, 0.1) is 13.7 Å². The molecule has 0 radical (unpaired) electrons. The average Bonchev–Trinajstić information content (AvgIpc) is 2.88. The first-order chi connectivity index (χ1) is 16.6. The van der Waals surface area contributed by atoms with Crippen LogP contribution < -0.4 is 9.47 Å². The third kappa shape index (κ3) is 4.79. The Kier molecular flexibility index (Phi) is 7.23. The monoisotopic (exact) mass is 458 g/mol. The smallest absolute Gasteiger partial charge is 0.353 e. The number of fused-ring (bicyclic) bond motifs is 1. The standard InChI is InChI=1S/C28H26O6/c1-31-19-33-18-22-9-5-6-10-26(22)28(30,23-12-15-24(32-2)16-13-23)27(29)34-25-14-11-20-7-3-4-8-21(20)17-25/h3-17,30H,18-19H2,1-2H3/t28-/m1/s1. The van der Waals surface area contributed by atoms with E-state index in [4.69, 9.17) is 18.9 Å². The van der Waals surface area contributed by atoms with Crippen molar-refractivity contribution in [1.29, 1.82) is 0 Å². The highest BCUT2D eigenvalue weighted by molar-refractivity contribution is 5.89. The summed E-state index contributed by atoms with van der Waals surface area (Å²) in [6.45, 7) is 0.225. The van der Waals surface area contributed by atoms with Crippen LogP contribution in [0, 0.1) is 0 Å². The zero-order valence-electron chi connectivity index (χ0n) is 19.1. The summed E-state index contributed by atoms with van der Waals surface area (Å²) in [7, 11) is 3.08. The molecular formula is C28H26O6. The van der Waals surface area contributed by atoms with E-state index in [0.717, 1.165) is 10.8 Å². The van der Waals surface area contributed by atoms with Gasteiger partial charge in [-0.05, 0) is 46.2 Å². The van der Waals surface area contributed by atoms with Crippen molar-refractivity contribution in [2.45, 2.75) is 12.2 Å². The topological polar surface area (TPSA) is 74.2 Å². The van der Waals surface area contributed by atoms with Crippen LogP contribution in [-0.4, -0.2) is 32.1 Å². The van der Waals surface area contributed by atoms with Crippen molar-refractivity contribution in [3.05, 3.63) is 108 Å². The number of hydrogen-bond acceptors (Lipinski definition) is 6. The van der Waals surface area contributed by atoms with Gasteiger partial charge in [0.2, 0.25) is 5.60 Å². The molecule has 4 aromatic rings. The quantitative estimate of drug-likeness (QED) is 0.168. The van der Waals surface area contributed by atoms with Gasteiger partial charge in [-0.2, -0.15) is 0 Å². The summed E-state index contributed by atoms with van der Waals surface area (Å²) in [5.74, 6) is 0.113. The molecule has 0 saturated heterocycles. The first-order valence-corrected chi connectivity index (χ1v) is 10.8. The Bertz CT molecular complexity index is 1270. The Balaban J connectivity index is 1.76. The first-order valence-electron chi connectivity index (χ1n) is 10.8. The summed E-state index contributed by atoms with van der Waals surface area (Å²) in [5.41, 5.74) is -0.751. The molecule has 0 spiro atoms. The maximum Gasteiger partial charge on any atom is 0.353 e. The molecule has 0 bridgehead atoms. The lowest BCUT2D eigenvalue weighted by atomic mass is 9.83. The summed E-state index contributed by atoms with van der Waals surface area (Å²) in [4.78, 5) is 13.6. The number of rotatable bonds is 9. The van der Waals surface area contributed by atoms with Crippen molar-refractivity contribution in [3.63, 3.8) is 0 Å². The summed E-state index contributed by atoms with van der Waals surface area (Å²) in [6, 6.07) is 26.9. The number of carbonyl (C=O) groups is 1. The fraction of sp³-hybridized carbons (Fsp3) is 0.179. The second-order valence-corrected chi connectivity index (χ2v) is 7.75. The summed E-state index contributed by atoms with van der Waals surface area (Å²) in [5, 5.41) is 13.9. The summed E-state index contributed by atoms with van der Waals surface area (Å²) >= 11 is 0. The normalized spacial score (nSPS) is 12.8. The van der Waals surface area contributed by atoms with Gasteiger partial charge in [0.15, 0.2) is 0 Å². The number of methoxy groups -OCH3 is 2. The van der Waals surface area contributed by atoms with E-state index in [9.17, 15) is 9.90 Å². The molecule has 0 fully saturated rings. The van der Waals surface area contributed by atoms with Crippen molar-refractivity contribution in [3.8, 4) is 11.5 Å². The van der Waals surface area contributed by atoms with E-state index in [0.29, 0.717) is 28.2 Å². The second-order valence-electron chi connectivity index (χ2n) is 7.75. The van der Waals surface area contributed by atoms with E-state index in [1.165, 1.54) is 7.11 Å². The zero-order valence-corrected chi connectivity index (χ0v) is 19.1. The van der Waals surface area contributed by atoms with E-state index in [-0.39, 0.29) is 13.4 Å². The third-order valence-corrected chi connectivity index (χ3v) is 5.60. The van der Waals surface area contributed by atoms with Crippen LogP contribution >= 0.6 is 0 Å². The molecule has 0 unspecified atom stereocenters. The van der Waals surface area contributed by atoms with Crippen LogP contribution in [-0.2, 0) is 26.5 Å². The van der Waals surface area contributed by atoms with Crippen molar-refractivity contribution in [1.82, 2.24) is 0 Å². The van der Waals surface area contributed by atoms with Crippen LogP contribution in [0.4, 0.5) is 0 Å². The Hall–Kier alpha value is -3.71. The predicted molar refractivity (Wildman–Crippen MR) is 129 cm³/mol. The molecule has 0 heterocycles. The van der Waals surface area contributed by atoms with E-state index < -0.39 is 11.6 Å². The van der Waals surface area contributed by atoms with Crippen LogP contribution in [0.3, 0.4) is 0 Å². The molecule has 1 atom stereocenters. The lowest BCUT2D eigenvalue weighted by Gasteiger charge is -2.29. The molecule has 0 amide bonds. The van der Waals surface area contributed by atoms with Crippen molar-refractivity contribution < 1.29 is 28.8 Å². The number of esters is 1. The number of ether oxygens (including phenoxy) is 4. The molecule has 6 nitrogen and oxygen atoms in total. The second kappa shape index (κ2) is 10.5. The minimum absolute atomic E-state index is 0.0802. The van der Waals surface area contributed by atoms with E-state index >= 15 is 0 Å². The van der Waals surface area contributed by atoms with Crippen LogP contribution in [0.1, 0.15) is 16.7 Å². The lowest BCUT2D eigenvalue weighted by Crippen LogP contribution is -2.41. The first kappa shape index (κ1) is 23.4. The van der Waals surface area contributed by atoms with Gasteiger partial charge < -0.3 is 24.1 Å². The summed E-state index contributed by atoms with van der Waals surface area (Å²) in [6.07, 6.45) is 0. The van der Waals surface area contributed by atoms with Gasteiger partial charge in [-0.3, -0.25) is 0 Å². The molecule has 0 aliphatic rings. The van der Waals surface area contributed by atoms with Crippen LogP contribution in [0.25, 0.3) is 10.8 Å². The Morgan fingerprint density at radius 3 is 2.24 bits per heavy atom. The molecule has 6 heteroatoms. The number of benzene rings is 4. The van der Waals surface area contributed by atoms with Crippen molar-refractivity contribution in [2.75, 3.05) is 21.0 Å². The highest BCUT2D eigenvalue weighted by Gasteiger charge is 2.43. The predicted octanol–water partition coefficient (Wildman–Crippen LogP) is 4.81. The molecule has 0 aliphatic carbocycles. The average molecular weight is 459 g/mol. The Morgan fingerprint density at radius 1 is 0.824 bits per heavy atom. The number of carbonyl (C=O) groups excluding carboxylic acids is 1. The Labute approximate surface area is 198 Å². The largest absolute Gasteiger partial charge is 0.497 e. The molecule has 34 heavy (non-hydrogen) atoms. The fourth-order valence-electron chi connectivity index (χ4n) is 3.86. The minimum Gasteiger partial charge on any atom is -0.497 e. The maximum atomic E-state index is 13.6. The maximum absolute atomic E-state index is 13.6. The van der Waals surface area contributed by atoms with Gasteiger partial charge in [0.25, 0.3) is 0 Å². The SMILES string of the molecule is COCOCc1ccccc1[C@@](O)(C(=O)Oc1ccc2ccccc2c1)c1ccc(OC)cc1. The fourth-order valence-corrected chi connectivity index (χ4v) is 3.86. The van der Waals surface area contributed by atoms with Gasteiger partial charge in [-0.15, -0.1) is 0 Å². The van der Waals surface area contributed by atoms with Gasteiger partial charge in [-0.1, -0.05) is 66.7 Å². The lowest BCUT2D eigenvalue weighted by molar-refractivity contribution is -0.152. The van der Waals surface area contributed by atoms with Gasteiger partial charge in [0, 0.05) is 12.7 Å². The summed E-state index contributed by atoms with van der Waals surface area (Å²) < 4.78 is 21.5. The number of hydrogen-bond donors (Lipinski definition) is 1. The molecule has 1 N–H and O–H groups in total. The van der Waals surface area contributed by atoms with Gasteiger partial charge in [-0.25, -0.2) is 4.79 Å². The van der Waals surface area contributed by atoms with Gasteiger partial charge >= 0.3 is 5.97 Å². The highest BCUT2D eigenvalue weighted by atomic mass is 16.7. The molecule has 0 aromatic heterocycles. The molecule has 0 aliphatic heterocycles. The van der Waals surface area contributed by atoms with E-state index in [1.807, 2.05) is 36.4 Å². The molecule has 0 saturated carbocycles. The van der Waals surface area contributed by atoms with Gasteiger partial charge in [0.1, 0.15) is 18.3 Å². The zero-order chi connectivity index (χ0) is 24.0. The molecule has 4 aromatic carbocycles. The van der Waals surface area contributed by atoms with Crippen LogP contribution in [0.2, 0.25) is 0 Å². The highest BCUT2D eigenvalue weighted by Crippen LogP contribution is 2.35. The Morgan fingerprint density at radius 2 is 1.50 bits per heavy atom. The molecule has 174 valence electrons. The molecule has 4 rings (SSSR count). The van der Waals surface area contributed by atoms with Crippen molar-refractivity contribution in [2.24, 2.45) is 0 Å². The van der Waals surface area contributed by atoms with E-state index in [2.05, 4.69) is 0 Å². The van der Waals surface area contributed by atoms with Crippen molar-refractivity contribution >= 4 is 16.7 Å². The van der Waals surface area contributed by atoms with Crippen LogP contribution in [0.5, 0.6) is 11.5 Å². The number of aliphatic hydroxyl groups is 1. The molecular weight excluding hydrogens is 432 g/mol. The van der Waals surface area contributed by atoms with Crippen LogP contribution in [0.15, 0.2) is 91.0 Å². The van der Waals surface area contributed by atoms with E-state index in [1.54, 1.807) is 61.7 Å². The minimum atomic E-state index is -2.09. The third-order valence-electron chi connectivity index (χ3n) is 5.60.